The number of rotatable bonds is 4. The number of thiazole rings is 1. The molecule has 7 nitrogen and oxygen atoms in total. The zero-order valence-electron chi connectivity index (χ0n) is 11.4. The van der Waals surface area contributed by atoms with Crippen molar-refractivity contribution < 1.29 is 14.7 Å². The van der Waals surface area contributed by atoms with E-state index in [1.165, 1.54) is 11.3 Å². The Morgan fingerprint density at radius 2 is 2.10 bits per heavy atom. The third kappa shape index (κ3) is 3.91. The summed E-state index contributed by atoms with van der Waals surface area (Å²) in [5, 5.41) is 10.7. The van der Waals surface area contributed by atoms with Crippen LogP contribution in [0.1, 0.15) is 5.69 Å². The van der Waals surface area contributed by atoms with Gasteiger partial charge in [-0.05, 0) is 0 Å². The fraction of sp³-hybridized carbons (Fsp3) is 0.583. The van der Waals surface area contributed by atoms with Crippen LogP contribution >= 0.6 is 11.3 Å². The van der Waals surface area contributed by atoms with E-state index in [-0.39, 0.29) is 12.6 Å². The molecule has 2 rings (SSSR count). The predicted molar refractivity (Wildman–Crippen MR) is 74.6 cm³/mol. The molecule has 2 amide bonds. The van der Waals surface area contributed by atoms with Crippen molar-refractivity contribution in [1.29, 1.82) is 0 Å². The summed E-state index contributed by atoms with van der Waals surface area (Å²) in [4.78, 5) is 32.3. The van der Waals surface area contributed by atoms with Gasteiger partial charge in [-0.2, -0.15) is 0 Å². The van der Waals surface area contributed by atoms with E-state index in [0.717, 1.165) is 5.69 Å². The van der Waals surface area contributed by atoms with Crippen molar-refractivity contribution in [2.75, 3.05) is 39.8 Å². The van der Waals surface area contributed by atoms with E-state index in [1.54, 1.807) is 22.4 Å². The standard InChI is InChI=1S/C12H18N4O3S/c1-14(6-10-8-20-9-13-10)12(19)16-4-2-15(3-5-16)7-11(17)18/h8-9H,2-7H2,1H3,(H,17,18). The van der Waals surface area contributed by atoms with E-state index in [0.29, 0.717) is 32.7 Å². The Morgan fingerprint density at radius 1 is 1.40 bits per heavy atom. The number of hydrogen-bond acceptors (Lipinski definition) is 5. The van der Waals surface area contributed by atoms with Crippen molar-refractivity contribution in [3.8, 4) is 0 Å². The number of nitrogens with zero attached hydrogens (tertiary/aromatic N) is 4. The Morgan fingerprint density at radius 3 is 2.65 bits per heavy atom. The van der Waals surface area contributed by atoms with Gasteiger partial charge in [-0.15, -0.1) is 11.3 Å². The summed E-state index contributed by atoms with van der Waals surface area (Å²) in [6, 6.07) is -0.0343. The lowest BCUT2D eigenvalue weighted by Crippen LogP contribution is -2.52. The van der Waals surface area contributed by atoms with Gasteiger partial charge in [-0.3, -0.25) is 9.69 Å². The summed E-state index contributed by atoms with van der Waals surface area (Å²) in [6.45, 7) is 2.86. The molecule has 0 atom stereocenters. The Kier molecular flexibility index (Phi) is 4.91. The summed E-state index contributed by atoms with van der Waals surface area (Å²) in [6.07, 6.45) is 0. The summed E-state index contributed by atoms with van der Waals surface area (Å²) in [7, 11) is 1.76. The van der Waals surface area contributed by atoms with Crippen LogP contribution in [-0.4, -0.2) is 76.6 Å². The second kappa shape index (κ2) is 6.67. The topological polar surface area (TPSA) is 77.0 Å². The summed E-state index contributed by atoms with van der Waals surface area (Å²) < 4.78 is 0. The molecule has 2 heterocycles. The first-order chi connectivity index (χ1) is 9.56. The van der Waals surface area contributed by atoms with E-state index in [2.05, 4.69) is 4.98 Å². The maximum Gasteiger partial charge on any atom is 0.320 e. The zero-order chi connectivity index (χ0) is 14.5. The van der Waals surface area contributed by atoms with Crippen LogP contribution < -0.4 is 0 Å². The largest absolute Gasteiger partial charge is 0.480 e. The number of piperazine rings is 1. The van der Waals surface area contributed by atoms with Crippen molar-refractivity contribution >= 4 is 23.3 Å². The average Bonchev–Trinajstić information content (AvgIpc) is 2.91. The van der Waals surface area contributed by atoms with Gasteiger partial charge in [0.15, 0.2) is 0 Å². The molecule has 1 aromatic heterocycles. The van der Waals surface area contributed by atoms with Crippen LogP contribution in [-0.2, 0) is 11.3 Å². The molecule has 1 saturated heterocycles. The lowest BCUT2D eigenvalue weighted by molar-refractivity contribution is -0.138. The lowest BCUT2D eigenvalue weighted by Gasteiger charge is -2.35. The maximum absolute atomic E-state index is 12.2. The van der Waals surface area contributed by atoms with E-state index in [9.17, 15) is 9.59 Å². The molecule has 0 saturated carbocycles. The highest BCUT2D eigenvalue weighted by atomic mass is 32.1. The minimum absolute atomic E-state index is 0.0343. The molecule has 1 aliphatic rings. The highest BCUT2D eigenvalue weighted by molar-refractivity contribution is 7.07. The molecular formula is C12H18N4O3S. The van der Waals surface area contributed by atoms with Gasteiger partial charge >= 0.3 is 12.0 Å². The number of urea groups is 1. The third-order valence-electron chi connectivity index (χ3n) is 3.21. The van der Waals surface area contributed by atoms with E-state index in [4.69, 9.17) is 5.11 Å². The second-order valence-corrected chi connectivity index (χ2v) is 5.49. The summed E-state index contributed by atoms with van der Waals surface area (Å²) in [5.41, 5.74) is 2.63. The Hall–Kier alpha value is -1.67. The number of carbonyl (C=O) groups is 2. The first-order valence-corrected chi connectivity index (χ1v) is 7.32. The number of aliphatic carboxylic acids is 1. The Balaban J connectivity index is 1.80. The van der Waals surface area contributed by atoms with Crippen LogP contribution in [0.15, 0.2) is 10.9 Å². The number of aromatic nitrogens is 1. The van der Waals surface area contributed by atoms with Gasteiger partial charge in [-0.25, -0.2) is 9.78 Å². The van der Waals surface area contributed by atoms with Gasteiger partial charge in [0.1, 0.15) is 0 Å². The Bertz CT molecular complexity index is 457. The minimum Gasteiger partial charge on any atom is -0.480 e. The molecule has 0 aliphatic carbocycles. The summed E-state index contributed by atoms with van der Waals surface area (Å²) in [5.74, 6) is -0.828. The molecule has 0 unspecified atom stereocenters. The van der Waals surface area contributed by atoms with Crippen molar-refractivity contribution in [3.63, 3.8) is 0 Å². The molecule has 0 bridgehead atoms. The molecule has 0 radical (unpaired) electrons. The van der Waals surface area contributed by atoms with Crippen LogP contribution in [0.4, 0.5) is 4.79 Å². The van der Waals surface area contributed by atoms with Gasteiger partial charge in [0.25, 0.3) is 0 Å². The Labute approximate surface area is 121 Å². The molecule has 1 aromatic rings. The molecule has 1 fully saturated rings. The minimum atomic E-state index is -0.828. The smallest absolute Gasteiger partial charge is 0.320 e. The van der Waals surface area contributed by atoms with Crippen LogP contribution in [0.5, 0.6) is 0 Å². The normalized spacial score (nSPS) is 16.1. The molecule has 110 valence electrons. The average molecular weight is 298 g/mol. The van der Waals surface area contributed by atoms with Crippen LogP contribution in [0, 0.1) is 0 Å². The molecule has 1 aliphatic heterocycles. The monoisotopic (exact) mass is 298 g/mol. The SMILES string of the molecule is CN(Cc1cscn1)C(=O)N1CCN(CC(=O)O)CC1. The van der Waals surface area contributed by atoms with Crippen LogP contribution in [0.3, 0.4) is 0 Å². The van der Waals surface area contributed by atoms with Crippen LogP contribution in [0.2, 0.25) is 0 Å². The van der Waals surface area contributed by atoms with Gasteiger partial charge in [0.05, 0.1) is 24.3 Å². The number of carboxylic acid groups (broad SMARTS) is 1. The van der Waals surface area contributed by atoms with Crippen molar-refractivity contribution in [1.82, 2.24) is 19.7 Å². The van der Waals surface area contributed by atoms with Crippen molar-refractivity contribution in [2.45, 2.75) is 6.54 Å². The maximum atomic E-state index is 12.2. The molecular weight excluding hydrogens is 280 g/mol. The van der Waals surface area contributed by atoms with Gasteiger partial charge in [-0.1, -0.05) is 0 Å². The molecule has 0 spiro atoms. The summed E-state index contributed by atoms with van der Waals surface area (Å²) >= 11 is 1.51. The molecule has 1 N–H and O–H groups in total. The third-order valence-corrected chi connectivity index (χ3v) is 3.85. The number of hydrogen-bond donors (Lipinski definition) is 1. The number of carboxylic acids is 1. The second-order valence-electron chi connectivity index (χ2n) is 4.78. The predicted octanol–water partition coefficient (Wildman–Crippen LogP) is 0.397. The first kappa shape index (κ1) is 14.7. The first-order valence-electron chi connectivity index (χ1n) is 6.37. The van der Waals surface area contributed by atoms with Gasteiger partial charge in [0.2, 0.25) is 0 Å². The van der Waals surface area contributed by atoms with E-state index in [1.807, 2.05) is 10.3 Å². The lowest BCUT2D eigenvalue weighted by atomic mass is 10.3. The number of carbonyl (C=O) groups excluding carboxylic acids is 1. The van der Waals surface area contributed by atoms with Gasteiger partial charge in [0, 0.05) is 38.6 Å². The van der Waals surface area contributed by atoms with E-state index < -0.39 is 5.97 Å². The quantitative estimate of drug-likeness (QED) is 0.870. The zero-order valence-corrected chi connectivity index (χ0v) is 12.2. The molecule has 0 aromatic carbocycles. The van der Waals surface area contributed by atoms with E-state index >= 15 is 0 Å². The highest BCUT2D eigenvalue weighted by Gasteiger charge is 2.24. The highest BCUT2D eigenvalue weighted by Crippen LogP contribution is 2.09. The van der Waals surface area contributed by atoms with Gasteiger partial charge < -0.3 is 14.9 Å². The van der Waals surface area contributed by atoms with Crippen molar-refractivity contribution in [3.05, 3.63) is 16.6 Å². The van der Waals surface area contributed by atoms with Crippen molar-refractivity contribution in [2.24, 2.45) is 0 Å². The number of amides is 2. The fourth-order valence-electron chi connectivity index (χ4n) is 2.16. The van der Waals surface area contributed by atoms with Crippen LogP contribution in [0.25, 0.3) is 0 Å². The fourth-order valence-corrected chi connectivity index (χ4v) is 2.71. The molecule has 20 heavy (non-hydrogen) atoms. The molecule has 8 heteroatoms.